The number of rotatable bonds is 2. The fourth-order valence-corrected chi connectivity index (χ4v) is 3.07. The Morgan fingerprint density at radius 3 is 2.23 bits per heavy atom. The molecular weight excluding hydrogens is 278 g/mol. The normalized spacial score (nSPS) is 19.9. The van der Waals surface area contributed by atoms with Crippen LogP contribution in [0.2, 0.25) is 0 Å². The Kier molecular flexibility index (Phi) is 3.31. The van der Waals surface area contributed by atoms with Gasteiger partial charge in [0.25, 0.3) is 0 Å². The first-order chi connectivity index (χ1) is 10.8. The van der Waals surface area contributed by atoms with Gasteiger partial charge in [-0.15, -0.1) is 0 Å². The number of para-hydroxylation sites is 2. The lowest BCUT2D eigenvalue weighted by Gasteiger charge is -2.29. The molecule has 22 heavy (non-hydrogen) atoms. The molecular formula is C18H17NO3. The molecule has 2 aromatic rings. The molecule has 4 rings (SSSR count). The van der Waals surface area contributed by atoms with E-state index in [9.17, 15) is 4.79 Å². The minimum Gasteiger partial charge on any atom is -0.457 e. The smallest absolute Gasteiger partial charge is 0.226 e. The summed E-state index contributed by atoms with van der Waals surface area (Å²) in [6.45, 7) is 1.18. The maximum atomic E-state index is 12.5. The topological polar surface area (TPSA) is 47.6 Å². The Labute approximate surface area is 129 Å². The summed E-state index contributed by atoms with van der Waals surface area (Å²) in [5, 5.41) is 3.17. The molecule has 4 nitrogen and oxygen atoms in total. The lowest BCUT2D eigenvalue weighted by atomic mass is 9.94. The number of fused-ring (bicyclic) bond motifs is 2. The summed E-state index contributed by atoms with van der Waals surface area (Å²) in [6, 6.07) is 15.5. The highest BCUT2D eigenvalue weighted by Gasteiger charge is 2.31. The van der Waals surface area contributed by atoms with Crippen molar-refractivity contribution >= 4 is 5.91 Å². The third kappa shape index (κ3) is 2.25. The first-order valence-corrected chi connectivity index (χ1v) is 7.57. The Hall–Kier alpha value is -2.33. The zero-order valence-electron chi connectivity index (χ0n) is 12.1. The van der Waals surface area contributed by atoms with E-state index in [0.717, 1.165) is 29.0 Å². The average Bonchev–Trinajstić information content (AvgIpc) is 3.09. The quantitative estimate of drug-likeness (QED) is 0.926. The van der Waals surface area contributed by atoms with Crippen LogP contribution in [0.5, 0.6) is 11.5 Å². The standard InChI is InChI=1S/C18H17NO3/c20-18(12-9-10-21-11-12)19-17-13-5-1-3-7-15(13)22-16-8-4-2-6-14(16)17/h1-8,12,17H,9-11H2,(H,19,20). The zero-order valence-corrected chi connectivity index (χ0v) is 12.1. The van der Waals surface area contributed by atoms with Gasteiger partial charge in [-0.25, -0.2) is 0 Å². The van der Waals surface area contributed by atoms with E-state index in [0.29, 0.717) is 13.2 Å². The number of nitrogens with one attached hydrogen (secondary N) is 1. The van der Waals surface area contributed by atoms with Crippen molar-refractivity contribution in [2.24, 2.45) is 5.92 Å². The van der Waals surface area contributed by atoms with Gasteiger partial charge in [-0.05, 0) is 18.6 Å². The van der Waals surface area contributed by atoms with Crippen LogP contribution in [0.3, 0.4) is 0 Å². The van der Waals surface area contributed by atoms with Crippen LogP contribution in [0.25, 0.3) is 0 Å². The molecule has 0 saturated carbocycles. The monoisotopic (exact) mass is 295 g/mol. The largest absolute Gasteiger partial charge is 0.457 e. The summed E-state index contributed by atoms with van der Waals surface area (Å²) < 4.78 is 11.3. The number of hydrogen-bond donors (Lipinski definition) is 1. The fourth-order valence-electron chi connectivity index (χ4n) is 3.07. The van der Waals surface area contributed by atoms with Crippen molar-refractivity contribution in [2.45, 2.75) is 12.5 Å². The van der Waals surface area contributed by atoms with Crippen LogP contribution < -0.4 is 10.1 Å². The minimum absolute atomic E-state index is 0.0500. The number of carbonyl (C=O) groups excluding carboxylic acids is 1. The highest BCUT2D eigenvalue weighted by molar-refractivity contribution is 5.80. The Balaban J connectivity index is 1.69. The van der Waals surface area contributed by atoms with E-state index in [1.54, 1.807) is 0 Å². The van der Waals surface area contributed by atoms with Gasteiger partial charge in [-0.3, -0.25) is 4.79 Å². The predicted molar refractivity (Wildman–Crippen MR) is 81.9 cm³/mol. The van der Waals surface area contributed by atoms with Crippen LogP contribution in [0, 0.1) is 5.92 Å². The van der Waals surface area contributed by atoms with Crippen LogP contribution in [0.1, 0.15) is 23.6 Å². The third-order valence-electron chi connectivity index (χ3n) is 4.27. The number of amides is 1. The summed E-state index contributed by atoms with van der Waals surface area (Å²) in [5.74, 6) is 1.60. The molecule has 112 valence electrons. The van der Waals surface area contributed by atoms with Crippen molar-refractivity contribution in [3.05, 3.63) is 59.7 Å². The van der Waals surface area contributed by atoms with E-state index < -0.39 is 0 Å². The van der Waals surface area contributed by atoms with Crippen LogP contribution >= 0.6 is 0 Å². The molecule has 0 radical (unpaired) electrons. The van der Waals surface area contributed by atoms with Crippen molar-refractivity contribution in [2.75, 3.05) is 13.2 Å². The molecule has 0 aromatic heterocycles. The first-order valence-electron chi connectivity index (χ1n) is 7.57. The van der Waals surface area contributed by atoms with Crippen LogP contribution in [-0.4, -0.2) is 19.1 Å². The molecule has 4 heteroatoms. The number of hydrogen-bond acceptors (Lipinski definition) is 3. The number of carbonyl (C=O) groups is 1. The summed E-state index contributed by atoms with van der Waals surface area (Å²) in [7, 11) is 0. The Morgan fingerprint density at radius 2 is 1.64 bits per heavy atom. The fraction of sp³-hybridized carbons (Fsp3) is 0.278. The van der Waals surface area contributed by atoms with Crippen molar-refractivity contribution in [3.8, 4) is 11.5 Å². The van der Waals surface area contributed by atoms with Gasteiger partial charge in [0.1, 0.15) is 11.5 Å². The lowest BCUT2D eigenvalue weighted by Crippen LogP contribution is -2.36. The lowest BCUT2D eigenvalue weighted by molar-refractivity contribution is -0.125. The minimum atomic E-state index is -0.172. The predicted octanol–water partition coefficient (Wildman–Crippen LogP) is 3.03. The maximum Gasteiger partial charge on any atom is 0.226 e. The molecule has 1 saturated heterocycles. The zero-order chi connectivity index (χ0) is 14.9. The second-order valence-electron chi connectivity index (χ2n) is 5.68. The number of benzene rings is 2. The van der Waals surface area contributed by atoms with Crippen molar-refractivity contribution in [1.82, 2.24) is 5.32 Å². The molecule has 1 unspecified atom stereocenters. The highest BCUT2D eigenvalue weighted by Crippen LogP contribution is 2.42. The average molecular weight is 295 g/mol. The van der Waals surface area contributed by atoms with E-state index in [1.165, 1.54) is 0 Å². The van der Waals surface area contributed by atoms with E-state index in [2.05, 4.69) is 5.32 Å². The van der Waals surface area contributed by atoms with Gasteiger partial charge >= 0.3 is 0 Å². The highest BCUT2D eigenvalue weighted by atomic mass is 16.5. The summed E-state index contributed by atoms with van der Waals surface area (Å²) >= 11 is 0. The molecule has 0 spiro atoms. The first kappa shape index (κ1) is 13.3. The van der Waals surface area contributed by atoms with Crippen molar-refractivity contribution < 1.29 is 14.3 Å². The van der Waals surface area contributed by atoms with Gasteiger partial charge < -0.3 is 14.8 Å². The van der Waals surface area contributed by atoms with Gasteiger partial charge in [-0.1, -0.05) is 36.4 Å². The molecule has 0 bridgehead atoms. The maximum absolute atomic E-state index is 12.5. The van der Waals surface area contributed by atoms with E-state index in [1.807, 2.05) is 48.5 Å². The molecule has 1 N–H and O–H groups in total. The molecule has 0 aliphatic carbocycles. The molecule has 2 aromatic carbocycles. The SMILES string of the molecule is O=C(NC1c2ccccc2Oc2ccccc21)C1CCOC1. The third-order valence-corrected chi connectivity index (χ3v) is 4.27. The Bertz CT molecular complexity index is 661. The summed E-state index contributed by atoms with van der Waals surface area (Å²) in [5.41, 5.74) is 1.99. The summed E-state index contributed by atoms with van der Waals surface area (Å²) in [4.78, 5) is 12.5. The summed E-state index contributed by atoms with van der Waals surface area (Å²) in [6.07, 6.45) is 0.790. The van der Waals surface area contributed by atoms with E-state index >= 15 is 0 Å². The van der Waals surface area contributed by atoms with Crippen LogP contribution in [0.15, 0.2) is 48.5 Å². The van der Waals surface area contributed by atoms with Gasteiger partial charge in [0, 0.05) is 17.7 Å². The Morgan fingerprint density at radius 1 is 1.00 bits per heavy atom. The van der Waals surface area contributed by atoms with E-state index in [-0.39, 0.29) is 17.9 Å². The number of ether oxygens (including phenoxy) is 2. The van der Waals surface area contributed by atoms with Crippen LogP contribution in [-0.2, 0) is 9.53 Å². The molecule has 2 aliphatic heterocycles. The second kappa shape index (κ2) is 5.46. The van der Waals surface area contributed by atoms with Crippen molar-refractivity contribution in [1.29, 1.82) is 0 Å². The van der Waals surface area contributed by atoms with E-state index in [4.69, 9.17) is 9.47 Å². The second-order valence-corrected chi connectivity index (χ2v) is 5.68. The molecule has 2 aliphatic rings. The van der Waals surface area contributed by atoms with Gasteiger partial charge in [0.05, 0.1) is 18.6 Å². The van der Waals surface area contributed by atoms with Gasteiger partial charge in [0.15, 0.2) is 0 Å². The van der Waals surface area contributed by atoms with Gasteiger partial charge in [0.2, 0.25) is 5.91 Å². The molecule has 2 heterocycles. The molecule has 1 atom stereocenters. The molecule has 1 amide bonds. The van der Waals surface area contributed by atoms with Crippen LogP contribution in [0.4, 0.5) is 0 Å². The van der Waals surface area contributed by atoms with Gasteiger partial charge in [-0.2, -0.15) is 0 Å². The molecule has 1 fully saturated rings. The van der Waals surface area contributed by atoms with Crippen molar-refractivity contribution in [3.63, 3.8) is 0 Å².